The highest BCUT2D eigenvalue weighted by atomic mass is 16.6. The van der Waals surface area contributed by atoms with Gasteiger partial charge in [-0.05, 0) is 96.3 Å². The molecular formula is C68H126O6. The van der Waals surface area contributed by atoms with Crippen LogP contribution in [0.5, 0.6) is 0 Å². The van der Waals surface area contributed by atoms with E-state index in [0.717, 1.165) is 64.2 Å². The number of rotatable bonds is 61. The molecule has 0 spiro atoms. The van der Waals surface area contributed by atoms with E-state index in [1.54, 1.807) is 0 Å². The van der Waals surface area contributed by atoms with Crippen LogP contribution in [0.2, 0.25) is 0 Å². The Morgan fingerprint density at radius 2 is 0.446 bits per heavy atom. The third-order valence-electron chi connectivity index (χ3n) is 14.8. The van der Waals surface area contributed by atoms with Gasteiger partial charge in [-0.2, -0.15) is 0 Å². The molecule has 0 aliphatic carbocycles. The zero-order valence-corrected chi connectivity index (χ0v) is 49.9. The van der Waals surface area contributed by atoms with E-state index in [1.165, 1.54) is 257 Å². The maximum Gasteiger partial charge on any atom is 0.306 e. The molecule has 0 aromatic carbocycles. The van der Waals surface area contributed by atoms with E-state index in [-0.39, 0.29) is 31.1 Å². The largest absolute Gasteiger partial charge is 0.462 e. The minimum absolute atomic E-state index is 0.0759. The summed E-state index contributed by atoms with van der Waals surface area (Å²) >= 11 is 0. The number of carbonyl (C=O) groups is 3. The molecule has 1 unspecified atom stereocenters. The fourth-order valence-corrected chi connectivity index (χ4v) is 9.84. The van der Waals surface area contributed by atoms with Crippen molar-refractivity contribution in [3.63, 3.8) is 0 Å². The van der Waals surface area contributed by atoms with Gasteiger partial charge in [0.05, 0.1) is 0 Å². The van der Waals surface area contributed by atoms with Crippen molar-refractivity contribution < 1.29 is 28.6 Å². The fourth-order valence-electron chi connectivity index (χ4n) is 9.84. The standard InChI is InChI=1S/C68H126O6/c1-4-7-10-13-16-19-22-25-28-31-34-37-40-43-46-49-52-55-58-61-67(70)73-64-65(63-72-66(69)60-57-54-51-48-45-42-39-36-33-30-27-24-21-18-15-12-9-6-3)74-68(71)62-59-56-53-50-47-44-41-38-35-32-29-26-23-20-17-14-11-8-5-2/h31-32,34-36,39,65H,4-30,33,37-38,40-64H2,1-3H3/b34-31-,35-32-,39-36-. The van der Waals surface area contributed by atoms with Gasteiger partial charge in [-0.1, -0.05) is 282 Å². The van der Waals surface area contributed by atoms with Gasteiger partial charge in [-0.15, -0.1) is 0 Å². The average molecular weight is 1040 g/mol. The van der Waals surface area contributed by atoms with Crippen LogP contribution in [0.15, 0.2) is 36.5 Å². The van der Waals surface area contributed by atoms with Crippen LogP contribution in [0.4, 0.5) is 0 Å². The highest BCUT2D eigenvalue weighted by molar-refractivity contribution is 5.71. The summed E-state index contributed by atoms with van der Waals surface area (Å²) in [5.74, 6) is -0.869. The SMILES string of the molecule is CCCCCCCCCC/C=C\CCCCCCCCCC(=O)OCC(COC(=O)CCCCCCC/C=C\CCCCCCCCCCC)OC(=O)CCCCCCCCC/C=C\CCCCCCCCCC. The van der Waals surface area contributed by atoms with Crippen LogP contribution >= 0.6 is 0 Å². The van der Waals surface area contributed by atoms with Gasteiger partial charge in [0.15, 0.2) is 6.10 Å². The monoisotopic (exact) mass is 1040 g/mol. The summed E-state index contributed by atoms with van der Waals surface area (Å²) in [6.45, 7) is 6.69. The summed E-state index contributed by atoms with van der Waals surface area (Å²) in [5.41, 5.74) is 0. The van der Waals surface area contributed by atoms with Gasteiger partial charge in [-0.3, -0.25) is 14.4 Å². The number of hydrogen-bond acceptors (Lipinski definition) is 6. The molecule has 6 heteroatoms. The predicted molar refractivity (Wildman–Crippen MR) is 321 cm³/mol. The van der Waals surface area contributed by atoms with Crippen molar-refractivity contribution in [3.05, 3.63) is 36.5 Å². The average Bonchev–Trinajstić information content (AvgIpc) is 3.40. The van der Waals surface area contributed by atoms with Crippen molar-refractivity contribution in [1.29, 1.82) is 0 Å². The summed E-state index contributed by atoms with van der Waals surface area (Å²) < 4.78 is 17.0. The Morgan fingerprint density at radius 3 is 0.676 bits per heavy atom. The van der Waals surface area contributed by atoms with Gasteiger partial charge in [0, 0.05) is 19.3 Å². The molecule has 0 bridgehead atoms. The topological polar surface area (TPSA) is 78.9 Å². The number of esters is 3. The summed E-state index contributed by atoms with van der Waals surface area (Å²) in [5, 5.41) is 0. The maximum absolute atomic E-state index is 12.9. The Kier molecular flexibility index (Phi) is 61.1. The number of unbranched alkanes of at least 4 members (excludes halogenated alkanes) is 44. The number of hydrogen-bond donors (Lipinski definition) is 0. The van der Waals surface area contributed by atoms with Gasteiger partial charge in [0.1, 0.15) is 13.2 Å². The normalized spacial score (nSPS) is 12.2. The number of ether oxygens (including phenoxy) is 3. The van der Waals surface area contributed by atoms with Crippen molar-refractivity contribution in [2.45, 2.75) is 367 Å². The van der Waals surface area contributed by atoms with Gasteiger partial charge in [0.2, 0.25) is 0 Å². The molecule has 0 aromatic rings. The Hall–Kier alpha value is -2.37. The van der Waals surface area contributed by atoms with Crippen molar-refractivity contribution >= 4 is 17.9 Å². The summed E-state index contributed by atoms with van der Waals surface area (Å²) in [6.07, 6.45) is 77.2. The molecular weight excluding hydrogens is 913 g/mol. The summed E-state index contributed by atoms with van der Waals surface area (Å²) in [7, 11) is 0. The van der Waals surface area contributed by atoms with Crippen LogP contribution in [0.3, 0.4) is 0 Å². The molecule has 6 nitrogen and oxygen atoms in total. The molecule has 0 aromatic heterocycles. The maximum atomic E-state index is 12.9. The van der Waals surface area contributed by atoms with E-state index in [0.29, 0.717) is 19.3 Å². The van der Waals surface area contributed by atoms with E-state index in [1.807, 2.05) is 0 Å². The zero-order valence-electron chi connectivity index (χ0n) is 49.9. The van der Waals surface area contributed by atoms with Crippen LogP contribution in [-0.4, -0.2) is 37.2 Å². The van der Waals surface area contributed by atoms with E-state index in [9.17, 15) is 14.4 Å². The van der Waals surface area contributed by atoms with Crippen LogP contribution in [0.25, 0.3) is 0 Å². The minimum Gasteiger partial charge on any atom is -0.462 e. The molecule has 0 N–H and O–H groups in total. The van der Waals surface area contributed by atoms with Gasteiger partial charge in [-0.25, -0.2) is 0 Å². The van der Waals surface area contributed by atoms with Crippen LogP contribution in [0.1, 0.15) is 361 Å². The van der Waals surface area contributed by atoms with Crippen molar-refractivity contribution in [1.82, 2.24) is 0 Å². The lowest BCUT2D eigenvalue weighted by atomic mass is 10.1. The Bertz CT molecular complexity index is 1240. The van der Waals surface area contributed by atoms with Crippen LogP contribution in [-0.2, 0) is 28.6 Å². The molecule has 434 valence electrons. The molecule has 0 heterocycles. The lowest BCUT2D eigenvalue weighted by molar-refractivity contribution is -0.167. The Balaban J connectivity index is 4.36. The predicted octanol–water partition coefficient (Wildman–Crippen LogP) is 22.4. The van der Waals surface area contributed by atoms with Gasteiger partial charge in [0.25, 0.3) is 0 Å². The minimum atomic E-state index is -0.780. The van der Waals surface area contributed by atoms with E-state index < -0.39 is 6.10 Å². The number of allylic oxidation sites excluding steroid dienone is 6. The second kappa shape index (κ2) is 63.2. The van der Waals surface area contributed by atoms with Gasteiger partial charge < -0.3 is 14.2 Å². The van der Waals surface area contributed by atoms with E-state index >= 15 is 0 Å². The molecule has 0 saturated heterocycles. The molecule has 74 heavy (non-hydrogen) atoms. The third-order valence-corrected chi connectivity index (χ3v) is 14.8. The quantitative estimate of drug-likeness (QED) is 0.0261. The Morgan fingerprint density at radius 1 is 0.257 bits per heavy atom. The second-order valence-electron chi connectivity index (χ2n) is 22.4. The summed E-state index contributed by atoms with van der Waals surface area (Å²) in [4.78, 5) is 38.4. The molecule has 0 aliphatic rings. The third kappa shape index (κ3) is 60.5. The molecule has 1 atom stereocenters. The smallest absolute Gasteiger partial charge is 0.306 e. The first kappa shape index (κ1) is 71.6. The lowest BCUT2D eigenvalue weighted by Crippen LogP contribution is -2.30. The highest BCUT2D eigenvalue weighted by Crippen LogP contribution is 2.17. The molecule has 0 saturated carbocycles. The molecule has 0 rings (SSSR count). The highest BCUT2D eigenvalue weighted by Gasteiger charge is 2.19. The van der Waals surface area contributed by atoms with Crippen molar-refractivity contribution in [2.75, 3.05) is 13.2 Å². The summed E-state index contributed by atoms with van der Waals surface area (Å²) in [6, 6.07) is 0. The number of carbonyl (C=O) groups excluding carboxylic acids is 3. The van der Waals surface area contributed by atoms with Gasteiger partial charge >= 0.3 is 17.9 Å². The first-order valence-corrected chi connectivity index (χ1v) is 33.0. The molecule has 0 radical (unpaired) electrons. The molecule has 0 fully saturated rings. The zero-order chi connectivity index (χ0) is 53.6. The molecule has 0 aliphatic heterocycles. The van der Waals surface area contributed by atoms with Crippen LogP contribution in [0, 0.1) is 0 Å². The van der Waals surface area contributed by atoms with Crippen molar-refractivity contribution in [2.24, 2.45) is 0 Å². The van der Waals surface area contributed by atoms with E-state index in [4.69, 9.17) is 14.2 Å². The van der Waals surface area contributed by atoms with Crippen LogP contribution < -0.4 is 0 Å². The first-order chi connectivity index (χ1) is 36.5. The first-order valence-electron chi connectivity index (χ1n) is 33.0. The lowest BCUT2D eigenvalue weighted by Gasteiger charge is -2.18. The van der Waals surface area contributed by atoms with Crippen molar-refractivity contribution in [3.8, 4) is 0 Å². The second-order valence-corrected chi connectivity index (χ2v) is 22.4. The Labute approximate surface area is 461 Å². The van der Waals surface area contributed by atoms with E-state index in [2.05, 4.69) is 57.2 Å². The molecule has 0 amide bonds. The fraction of sp³-hybridized carbons (Fsp3) is 0.868.